The minimum absolute atomic E-state index is 0.0737. The van der Waals surface area contributed by atoms with Crippen LogP contribution in [0.5, 0.6) is 0 Å². The normalized spacial score (nSPS) is 18.7. The number of ether oxygens (including phenoxy) is 1. The van der Waals surface area contributed by atoms with E-state index in [4.69, 9.17) is 9.15 Å². The van der Waals surface area contributed by atoms with E-state index in [9.17, 15) is 4.79 Å². The first kappa shape index (κ1) is 18.6. The topological polar surface area (TPSA) is 93.0 Å². The molecular weight excluding hydrogens is 380 g/mol. The van der Waals surface area contributed by atoms with Gasteiger partial charge in [0, 0.05) is 23.6 Å². The van der Waals surface area contributed by atoms with Crippen LogP contribution in [0.1, 0.15) is 21.8 Å². The maximum absolute atomic E-state index is 12.8. The number of rotatable bonds is 5. The molecule has 30 heavy (non-hydrogen) atoms. The molecular formula is C23H22N4O3. The fourth-order valence-corrected chi connectivity index (χ4v) is 3.96. The Kier molecular flexibility index (Phi) is 4.80. The molecule has 1 aliphatic heterocycles. The number of benzene rings is 1. The van der Waals surface area contributed by atoms with E-state index in [0.717, 1.165) is 23.1 Å². The summed E-state index contributed by atoms with van der Waals surface area (Å²) in [5.74, 6) is 1.43. The van der Waals surface area contributed by atoms with Gasteiger partial charge in [0.25, 0.3) is 5.91 Å². The molecule has 0 saturated carbocycles. The number of aromatic amines is 1. The van der Waals surface area contributed by atoms with Crippen molar-refractivity contribution in [3.8, 4) is 11.5 Å². The Bertz CT molecular complexity index is 1190. The number of nitrogens with one attached hydrogen (secondary N) is 2. The molecule has 1 amide bonds. The van der Waals surface area contributed by atoms with E-state index in [-0.39, 0.29) is 17.9 Å². The van der Waals surface area contributed by atoms with Crippen molar-refractivity contribution >= 4 is 16.8 Å². The van der Waals surface area contributed by atoms with Crippen molar-refractivity contribution in [2.75, 3.05) is 13.2 Å². The Labute approximate surface area is 173 Å². The minimum Gasteiger partial charge on any atom is -0.460 e. The summed E-state index contributed by atoms with van der Waals surface area (Å²) in [6, 6.07) is 15.5. The lowest BCUT2D eigenvalue weighted by molar-refractivity contribution is 0.0920. The van der Waals surface area contributed by atoms with Crippen LogP contribution in [0.3, 0.4) is 0 Å². The lowest BCUT2D eigenvalue weighted by Gasteiger charge is -2.19. The first-order chi connectivity index (χ1) is 14.7. The standard InChI is InChI=1S/C23H22N4O3/c1-14-6-7-22(30-14)19-11-20(27-26-19)23(28)25-21-13-29-12-16(21)10-15-8-9-24-18-5-3-2-4-17(15)18/h2-9,11,16,21H,10,12-13H2,1H3,(H,25,28)(H,26,27)/t16-,21+/m1/s1. The molecule has 0 spiro atoms. The molecule has 152 valence electrons. The number of nitrogens with zero attached hydrogens (tertiary/aromatic N) is 2. The number of furan rings is 1. The van der Waals surface area contributed by atoms with Gasteiger partial charge in [0.15, 0.2) is 11.5 Å². The largest absolute Gasteiger partial charge is 0.460 e. The highest BCUT2D eigenvalue weighted by atomic mass is 16.5. The average molecular weight is 402 g/mol. The Balaban J connectivity index is 1.30. The van der Waals surface area contributed by atoms with Gasteiger partial charge in [-0.05, 0) is 43.2 Å². The average Bonchev–Trinajstić information content (AvgIpc) is 3.50. The summed E-state index contributed by atoms with van der Waals surface area (Å²) in [6.07, 6.45) is 2.65. The Morgan fingerprint density at radius 3 is 2.97 bits per heavy atom. The third-order valence-electron chi connectivity index (χ3n) is 5.55. The number of aryl methyl sites for hydroxylation is 1. The zero-order chi connectivity index (χ0) is 20.5. The van der Waals surface area contributed by atoms with Crippen molar-refractivity contribution in [2.45, 2.75) is 19.4 Å². The number of fused-ring (bicyclic) bond motifs is 1. The number of para-hydroxylation sites is 1. The Morgan fingerprint density at radius 1 is 1.20 bits per heavy atom. The molecule has 1 aliphatic rings. The van der Waals surface area contributed by atoms with Crippen molar-refractivity contribution in [2.24, 2.45) is 5.92 Å². The van der Waals surface area contributed by atoms with Crippen LogP contribution in [-0.2, 0) is 11.2 Å². The maximum atomic E-state index is 12.8. The van der Waals surface area contributed by atoms with E-state index in [2.05, 4.69) is 26.6 Å². The molecule has 1 saturated heterocycles. The van der Waals surface area contributed by atoms with Gasteiger partial charge in [-0.1, -0.05) is 18.2 Å². The van der Waals surface area contributed by atoms with Gasteiger partial charge < -0.3 is 14.5 Å². The van der Waals surface area contributed by atoms with Gasteiger partial charge >= 0.3 is 0 Å². The molecule has 7 heteroatoms. The summed E-state index contributed by atoms with van der Waals surface area (Å²) in [6.45, 7) is 2.98. The van der Waals surface area contributed by atoms with Gasteiger partial charge in [0.1, 0.15) is 11.5 Å². The fraction of sp³-hybridized carbons (Fsp3) is 0.261. The first-order valence-electron chi connectivity index (χ1n) is 10.0. The molecule has 0 bridgehead atoms. The summed E-state index contributed by atoms with van der Waals surface area (Å²) in [4.78, 5) is 17.2. The lowest BCUT2D eigenvalue weighted by Crippen LogP contribution is -2.40. The number of carbonyl (C=O) groups excluding carboxylic acids is 1. The monoisotopic (exact) mass is 402 g/mol. The smallest absolute Gasteiger partial charge is 0.272 e. The van der Waals surface area contributed by atoms with Gasteiger partial charge in [-0.2, -0.15) is 5.10 Å². The number of pyridine rings is 1. The van der Waals surface area contributed by atoms with Gasteiger partial charge in [0.2, 0.25) is 0 Å². The molecule has 2 N–H and O–H groups in total. The summed E-state index contributed by atoms with van der Waals surface area (Å²) < 4.78 is 11.3. The molecule has 0 radical (unpaired) electrons. The lowest BCUT2D eigenvalue weighted by atomic mass is 9.93. The van der Waals surface area contributed by atoms with E-state index in [1.807, 2.05) is 49.5 Å². The number of hydrogen-bond donors (Lipinski definition) is 2. The van der Waals surface area contributed by atoms with E-state index in [1.165, 1.54) is 5.56 Å². The fourth-order valence-electron chi connectivity index (χ4n) is 3.96. The Morgan fingerprint density at radius 2 is 2.10 bits per heavy atom. The van der Waals surface area contributed by atoms with Crippen LogP contribution in [0.25, 0.3) is 22.4 Å². The number of hydrogen-bond acceptors (Lipinski definition) is 5. The number of aromatic nitrogens is 3. The summed E-state index contributed by atoms with van der Waals surface area (Å²) >= 11 is 0. The van der Waals surface area contributed by atoms with Crippen LogP contribution in [0.4, 0.5) is 0 Å². The van der Waals surface area contributed by atoms with Crippen LogP contribution >= 0.6 is 0 Å². The minimum atomic E-state index is -0.221. The molecule has 2 atom stereocenters. The zero-order valence-electron chi connectivity index (χ0n) is 16.6. The second kappa shape index (κ2) is 7.76. The maximum Gasteiger partial charge on any atom is 0.272 e. The predicted molar refractivity (Wildman–Crippen MR) is 112 cm³/mol. The van der Waals surface area contributed by atoms with E-state index >= 15 is 0 Å². The summed E-state index contributed by atoms with van der Waals surface area (Å²) in [7, 11) is 0. The van der Waals surface area contributed by atoms with Gasteiger partial charge in [-0.15, -0.1) is 0 Å². The zero-order valence-corrected chi connectivity index (χ0v) is 16.6. The highest BCUT2D eigenvalue weighted by Gasteiger charge is 2.31. The van der Waals surface area contributed by atoms with Crippen LogP contribution in [-0.4, -0.2) is 40.3 Å². The van der Waals surface area contributed by atoms with Gasteiger partial charge in [0.05, 0.1) is 24.8 Å². The molecule has 5 rings (SSSR count). The third-order valence-corrected chi connectivity index (χ3v) is 5.55. The highest BCUT2D eigenvalue weighted by molar-refractivity contribution is 5.93. The van der Waals surface area contributed by atoms with Gasteiger partial charge in [-0.25, -0.2) is 0 Å². The van der Waals surface area contributed by atoms with Crippen molar-refractivity contribution in [3.05, 3.63) is 71.7 Å². The highest BCUT2D eigenvalue weighted by Crippen LogP contribution is 2.25. The predicted octanol–water partition coefficient (Wildman–Crippen LogP) is 3.51. The third kappa shape index (κ3) is 3.59. The Hall–Kier alpha value is -3.45. The second-order valence-electron chi connectivity index (χ2n) is 7.65. The van der Waals surface area contributed by atoms with E-state index in [0.29, 0.717) is 30.4 Å². The summed E-state index contributed by atoms with van der Waals surface area (Å²) in [5, 5.41) is 11.2. The second-order valence-corrected chi connectivity index (χ2v) is 7.65. The van der Waals surface area contributed by atoms with Crippen LogP contribution in [0, 0.1) is 12.8 Å². The van der Waals surface area contributed by atoms with Crippen LogP contribution in [0.2, 0.25) is 0 Å². The molecule has 4 aromatic rings. The van der Waals surface area contributed by atoms with Crippen LogP contribution < -0.4 is 5.32 Å². The van der Waals surface area contributed by atoms with E-state index < -0.39 is 0 Å². The molecule has 3 aromatic heterocycles. The first-order valence-corrected chi connectivity index (χ1v) is 10.0. The number of amides is 1. The molecule has 1 aromatic carbocycles. The van der Waals surface area contributed by atoms with Crippen molar-refractivity contribution < 1.29 is 13.9 Å². The molecule has 0 aliphatic carbocycles. The molecule has 1 fully saturated rings. The molecule has 7 nitrogen and oxygen atoms in total. The quantitative estimate of drug-likeness (QED) is 0.533. The SMILES string of the molecule is Cc1ccc(-c2cc(C(=O)N[C@H]3COC[C@H]3Cc3ccnc4ccccc34)n[nH]2)o1. The number of carbonyl (C=O) groups is 1. The molecule has 0 unspecified atom stereocenters. The molecule has 4 heterocycles. The van der Waals surface area contributed by atoms with Crippen molar-refractivity contribution in [1.29, 1.82) is 0 Å². The number of H-pyrrole nitrogens is 1. The van der Waals surface area contributed by atoms with Crippen LogP contribution in [0.15, 0.2) is 59.1 Å². The van der Waals surface area contributed by atoms with Crippen molar-refractivity contribution in [1.82, 2.24) is 20.5 Å². The van der Waals surface area contributed by atoms with Crippen molar-refractivity contribution in [3.63, 3.8) is 0 Å². The van der Waals surface area contributed by atoms with Gasteiger partial charge in [-0.3, -0.25) is 14.9 Å². The summed E-state index contributed by atoms with van der Waals surface area (Å²) in [5.41, 5.74) is 3.20. The van der Waals surface area contributed by atoms with E-state index in [1.54, 1.807) is 6.07 Å².